The number of morpholine rings is 1. The maximum absolute atomic E-state index is 11.8. The Labute approximate surface area is 190 Å². The van der Waals surface area contributed by atoms with Gasteiger partial charge in [0.15, 0.2) is 29.7 Å². The molecule has 2 rings (SSSR count). The van der Waals surface area contributed by atoms with Crippen LogP contribution in [0, 0.1) is 0 Å². The van der Waals surface area contributed by atoms with E-state index in [1.807, 2.05) is 4.90 Å². The van der Waals surface area contributed by atoms with Gasteiger partial charge in [-0.25, -0.2) is 0 Å². The first-order valence-corrected chi connectivity index (χ1v) is 10.4. The van der Waals surface area contributed by atoms with Crippen LogP contribution in [0.4, 0.5) is 0 Å². The zero-order valence-corrected chi connectivity index (χ0v) is 19.2. The first-order chi connectivity index (χ1) is 15.1. The summed E-state index contributed by atoms with van der Waals surface area (Å²) in [7, 11) is 0. The van der Waals surface area contributed by atoms with E-state index in [-0.39, 0.29) is 6.61 Å². The van der Waals surface area contributed by atoms with Gasteiger partial charge < -0.3 is 38.6 Å². The van der Waals surface area contributed by atoms with E-state index in [2.05, 4.69) is 5.32 Å². The number of hydrogen-bond acceptors (Lipinski definition) is 11. The van der Waals surface area contributed by atoms with Crippen molar-refractivity contribution in [1.82, 2.24) is 10.2 Å². The van der Waals surface area contributed by atoms with Gasteiger partial charge in [0.2, 0.25) is 0 Å². The summed E-state index contributed by atoms with van der Waals surface area (Å²) in [6.07, 6.45) is -5.81. The van der Waals surface area contributed by atoms with Crippen LogP contribution in [0.15, 0.2) is 0 Å². The third-order valence-electron chi connectivity index (χ3n) is 4.55. The Morgan fingerprint density at radius 3 is 1.94 bits per heavy atom. The molecule has 0 amide bonds. The predicted molar refractivity (Wildman–Crippen MR) is 110 cm³/mol. The summed E-state index contributed by atoms with van der Waals surface area (Å²) in [6, 6.07) is 0. The van der Waals surface area contributed by atoms with E-state index in [1.165, 1.54) is 13.8 Å². The van der Waals surface area contributed by atoms with Crippen LogP contribution >= 0.6 is 12.2 Å². The number of nitrogens with one attached hydrogen (secondary N) is 1. The molecule has 2 aliphatic heterocycles. The molecule has 0 unspecified atom stereocenters. The number of carbonyl (C=O) groups excluding carboxylic acids is 4. The SMILES string of the molecule is CC(=O)OC[C@H]1O[C@@H](NC(=S)N2CCOCC2)[C@@H](OC(C)=O)[C@@H](OC(C)=O)[C@@H]1OC(C)=O. The number of hydrogen-bond donors (Lipinski definition) is 1. The Kier molecular flexibility index (Phi) is 9.60. The van der Waals surface area contributed by atoms with Crippen molar-refractivity contribution in [2.75, 3.05) is 32.9 Å². The molecule has 32 heavy (non-hydrogen) atoms. The Balaban J connectivity index is 2.35. The molecule has 2 saturated heterocycles. The lowest BCUT2D eigenvalue weighted by Gasteiger charge is -2.45. The molecule has 2 fully saturated rings. The molecule has 1 N–H and O–H groups in total. The van der Waals surface area contributed by atoms with Crippen molar-refractivity contribution in [3.63, 3.8) is 0 Å². The molecule has 0 aliphatic carbocycles. The molecular formula is C19H28N2O10S. The molecule has 0 radical (unpaired) electrons. The van der Waals surface area contributed by atoms with E-state index >= 15 is 0 Å². The van der Waals surface area contributed by atoms with Gasteiger partial charge >= 0.3 is 23.9 Å². The van der Waals surface area contributed by atoms with Crippen LogP contribution in [-0.2, 0) is 47.6 Å². The average molecular weight is 477 g/mol. The lowest BCUT2D eigenvalue weighted by atomic mass is 9.97. The van der Waals surface area contributed by atoms with E-state index in [9.17, 15) is 19.2 Å². The quantitative estimate of drug-likeness (QED) is 0.293. The van der Waals surface area contributed by atoms with Crippen molar-refractivity contribution in [1.29, 1.82) is 0 Å². The van der Waals surface area contributed by atoms with Crippen LogP contribution in [0.3, 0.4) is 0 Å². The van der Waals surface area contributed by atoms with Gasteiger partial charge in [-0.05, 0) is 12.2 Å². The Morgan fingerprint density at radius 1 is 0.875 bits per heavy atom. The van der Waals surface area contributed by atoms with Crippen LogP contribution in [0.2, 0.25) is 0 Å². The summed E-state index contributed by atoms with van der Waals surface area (Å²) in [5.74, 6) is -2.66. The monoisotopic (exact) mass is 476 g/mol. The molecule has 0 aromatic carbocycles. The highest BCUT2D eigenvalue weighted by Crippen LogP contribution is 2.28. The zero-order valence-electron chi connectivity index (χ0n) is 18.4. The smallest absolute Gasteiger partial charge is 0.303 e. The van der Waals surface area contributed by atoms with E-state index in [4.69, 9.17) is 40.6 Å². The fourth-order valence-electron chi connectivity index (χ4n) is 3.32. The maximum atomic E-state index is 11.8. The second-order valence-electron chi connectivity index (χ2n) is 7.17. The predicted octanol–water partition coefficient (Wildman–Crippen LogP) is -0.724. The molecule has 0 bridgehead atoms. The molecule has 5 atom stereocenters. The van der Waals surface area contributed by atoms with Gasteiger partial charge in [-0.3, -0.25) is 19.2 Å². The molecule has 13 heteroatoms. The van der Waals surface area contributed by atoms with Gasteiger partial charge in [-0.2, -0.15) is 0 Å². The third kappa shape index (κ3) is 7.57. The Hall–Kier alpha value is -2.51. The van der Waals surface area contributed by atoms with Crippen LogP contribution in [0.5, 0.6) is 0 Å². The van der Waals surface area contributed by atoms with Crippen molar-refractivity contribution in [2.45, 2.75) is 58.3 Å². The number of nitrogens with zero attached hydrogens (tertiary/aromatic N) is 1. The average Bonchev–Trinajstić information content (AvgIpc) is 2.70. The van der Waals surface area contributed by atoms with Gasteiger partial charge in [0.05, 0.1) is 13.2 Å². The topological polar surface area (TPSA) is 139 Å². The number of esters is 4. The highest BCUT2D eigenvalue weighted by molar-refractivity contribution is 7.80. The normalized spacial score (nSPS) is 27.6. The molecule has 2 aliphatic rings. The number of carbonyl (C=O) groups is 4. The zero-order chi connectivity index (χ0) is 23.8. The van der Waals surface area contributed by atoms with Crippen molar-refractivity contribution >= 4 is 41.2 Å². The van der Waals surface area contributed by atoms with E-state index in [0.717, 1.165) is 13.8 Å². The van der Waals surface area contributed by atoms with E-state index in [1.54, 1.807) is 0 Å². The van der Waals surface area contributed by atoms with Gasteiger partial charge in [0, 0.05) is 40.8 Å². The minimum atomic E-state index is -1.25. The van der Waals surface area contributed by atoms with Gasteiger partial charge in [0.25, 0.3) is 0 Å². The molecule has 0 spiro atoms. The second kappa shape index (κ2) is 11.9. The minimum Gasteiger partial charge on any atom is -0.463 e. The minimum absolute atomic E-state index is 0.300. The Bertz CT molecular complexity index is 727. The van der Waals surface area contributed by atoms with Crippen molar-refractivity contribution in [3.8, 4) is 0 Å². The third-order valence-corrected chi connectivity index (χ3v) is 4.93. The summed E-state index contributed by atoms with van der Waals surface area (Å²) in [6.45, 7) is 6.45. The van der Waals surface area contributed by atoms with Crippen LogP contribution in [0.25, 0.3) is 0 Å². The number of rotatable bonds is 6. The van der Waals surface area contributed by atoms with E-state index in [0.29, 0.717) is 31.4 Å². The molecular weight excluding hydrogens is 448 g/mol. The Morgan fingerprint density at radius 2 is 1.41 bits per heavy atom. The van der Waals surface area contributed by atoms with Gasteiger partial charge in [-0.15, -0.1) is 0 Å². The van der Waals surface area contributed by atoms with Crippen molar-refractivity contribution < 1.29 is 47.6 Å². The number of ether oxygens (including phenoxy) is 6. The summed E-state index contributed by atoms with van der Waals surface area (Å²) in [5, 5.41) is 3.27. The summed E-state index contributed by atoms with van der Waals surface area (Å²) < 4.78 is 32.4. The molecule has 0 saturated carbocycles. The van der Waals surface area contributed by atoms with Crippen molar-refractivity contribution in [3.05, 3.63) is 0 Å². The largest absolute Gasteiger partial charge is 0.463 e. The van der Waals surface area contributed by atoms with Crippen LogP contribution in [-0.4, -0.2) is 97.4 Å². The van der Waals surface area contributed by atoms with Gasteiger partial charge in [0.1, 0.15) is 12.7 Å². The van der Waals surface area contributed by atoms with Crippen molar-refractivity contribution in [2.24, 2.45) is 0 Å². The first-order valence-electron chi connectivity index (χ1n) is 10.0. The lowest BCUT2D eigenvalue weighted by Crippen LogP contribution is -2.67. The lowest BCUT2D eigenvalue weighted by molar-refractivity contribution is -0.255. The summed E-state index contributed by atoms with van der Waals surface area (Å²) in [4.78, 5) is 48.6. The maximum Gasteiger partial charge on any atom is 0.303 e. The van der Waals surface area contributed by atoms with Gasteiger partial charge in [-0.1, -0.05) is 0 Å². The molecule has 2 heterocycles. The first kappa shape index (κ1) is 25.7. The number of thiocarbonyl (C=S) groups is 1. The summed E-state index contributed by atoms with van der Waals surface area (Å²) in [5.41, 5.74) is 0. The van der Waals surface area contributed by atoms with Crippen LogP contribution < -0.4 is 5.32 Å². The molecule has 180 valence electrons. The summed E-state index contributed by atoms with van der Waals surface area (Å²) >= 11 is 5.45. The fraction of sp³-hybridized carbons (Fsp3) is 0.737. The van der Waals surface area contributed by atoms with E-state index < -0.39 is 54.5 Å². The fourth-order valence-corrected chi connectivity index (χ4v) is 3.62. The van der Waals surface area contributed by atoms with Crippen LogP contribution in [0.1, 0.15) is 27.7 Å². The molecule has 0 aromatic heterocycles. The second-order valence-corrected chi connectivity index (χ2v) is 7.56. The molecule has 12 nitrogen and oxygen atoms in total. The highest BCUT2D eigenvalue weighted by atomic mass is 32.1. The molecule has 0 aromatic rings. The highest BCUT2D eigenvalue weighted by Gasteiger charge is 2.52. The standard InChI is InChI=1S/C19H28N2O10S/c1-10(22)27-9-14-15(28-11(2)23)16(29-12(3)24)17(30-13(4)25)18(31-14)20-19(32)21-5-7-26-8-6-21/h14-18H,5-9H2,1-4H3,(H,20,32)/t14-,15-,16+,17+,18-/m1/s1.